The van der Waals surface area contributed by atoms with E-state index in [0.717, 1.165) is 12.2 Å². The molecule has 9 nitrogen and oxygen atoms in total. The Morgan fingerprint density at radius 2 is 0.814 bits per heavy atom. The Bertz CT molecular complexity index is 672. The Morgan fingerprint density at radius 1 is 0.442 bits per heavy atom. The highest BCUT2D eigenvalue weighted by molar-refractivity contribution is 5.27. The minimum absolute atomic E-state index is 0.236. The molecule has 0 fully saturated rings. The molecule has 0 aliphatic rings. The van der Waals surface area contributed by atoms with Crippen molar-refractivity contribution >= 4 is 0 Å². The molecule has 1 aromatic carbocycles. The van der Waals surface area contributed by atoms with Crippen molar-refractivity contribution in [3.8, 4) is 5.75 Å². The standard InChI is InChI=1S/C34H62O9/c1-4-5-6-7-8-9-10-11-33-12-14-34(15-13-33)43-31-29-41-27-25-39-23-21-37-19-17-35-16-18-36-20-22-38-24-26-40-28-30-42-32(2)3/h12-15,32H,4-11,16-31H2,1-3H3. The molecule has 0 unspecified atom stereocenters. The van der Waals surface area contributed by atoms with Crippen molar-refractivity contribution in [3.05, 3.63) is 29.8 Å². The lowest BCUT2D eigenvalue weighted by atomic mass is 10.0. The van der Waals surface area contributed by atoms with Crippen molar-refractivity contribution in [2.24, 2.45) is 0 Å². The highest BCUT2D eigenvalue weighted by Gasteiger charge is 1.99. The molecule has 0 saturated carbocycles. The smallest absolute Gasteiger partial charge is 0.119 e. The van der Waals surface area contributed by atoms with Crippen LogP contribution in [0.5, 0.6) is 5.75 Å². The average Bonchev–Trinajstić information content (AvgIpc) is 3.01. The summed E-state index contributed by atoms with van der Waals surface area (Å²) in [6.45, 7) is 15.0. The maximum absolute atomic E-state index is 5.78. The Balaban J connectivity index is 1.74. The second kappa shape index (κ2) is 32.1. The van der Waals surface area contributed by atoms with Gasteiger partial charge in [-0.1, -0.05) is 57.6 Å². The predicted octanol–water partition coefficient (Wildman–Crippen LogP) is 5.90. The van der Waals surface area contributed by atoms with Crippen molar-refractivity contribution < 1.29 is 42.6 Å². The third-order valence-corrected chi connectivity index (χ3v) is 6.40. The Hall–Kier alpha value is -1.30. The maximum atomic E-state index is 5.78. The van der Waals surface area contributed by atoms with Gasteiger partial charge >= 0.3 is 0 Å². The Morgan fingerprint density at radius 3 is 1.23 bits per heavy atom. The van der Waals surface area contributed by atoms with Crippen LogP contribution in [0.1, 0.15) is 71.3 Å². The van der Waals surface area contributed by atoms with Gasteiger partial charge in [-0.05, 0) is 44.4 Å². The molecule has 0 radical (unpaired) electrons. The second-order valence-electron chi connectivity index (χ2n) is 10.6. The van der Waals surface area contributed by atoms with Crippen molar-refractivity contribution in [3.63, 3.8) is 0 Å². The minimum atomic E-state index is 0.236. The van der Waals surface area contributed by atoms with Gasteiger partial charge in [-0.25, -0.2) is 0 Å². The number of unbranched alkanes of at least 4 members (excludes halogenated alkanes) is 6. The summed E-state index contributed by atoms with van der Waals surface area (Å²) in [7, 11) is 0. The quantitative estimate of drug-likeness (QED) is 0.0882. The number of hydrogen-bond donors (Lipinski definition) is 0. The SMILES string of the molecule is CCCCCCCCCc1ccc(OCCOCCOCCOCCOCCOCCOCCOCCOC(C)C)cc1. The van der Waals surface area contributed by atoms with Gasteiger partial charge in [0, 0.05) is 0 Å². The minimum Gasteiger partial charge on any atom is -0.491 e. The van der Waals surface area contributed by atoms with Gasteiger partial charge in [0.2, 0.25) is 0 Å². The number of hydrogen-bond acceptors (Lipinski definition) is 9. The Kier molecular flexibility index (Phi) is 29.7. The van der Waals surface area contributed by atoms with Crippen LogP contribution in [-0.4, -0.2) is 112 Å². The first kappa shape index (κ1) is 39.7. The molecule has 0 aliphatic carbocycles. The molecule has 252 valence electrons. The molecule has 0 bridgehead atoms. The summed E-state index contributed by atoms with van der Waals surface area (Å²) in [5, 5.41) is 0. The highest BCUT2D eigenvalue weighted by atomic mass is 16.6. The molecule has 0 atom stereocenters. The zero-order valence-electron chi connectivity index (χ0n) is 27.5. The van der Waals surface area contributed by atoms with Gasteiger partial charge in [-0.2, -0.15) is 0 Å². The van der Waals surface area contributed by atoms with Gasteiger partial charge in [0.25, 0.3) is 0 Å². The summed E-state index contributed by atoms with van der Waals surface area (Å²) in [5.74, 6) is 0.892. The molecule has 0 aromatic heterocycles. The van der Waals surface area contributed by atoms with Crippen LogP contribution < -0.4 is 4.74 Å². The van der Waals surface area contributed by atoms with Crippen LogP contribution in [0.15, 0.2) is 24.3 Å². The molecule has 0 saturated heterocycles. The van der Waals surface area contributed by atoms with E-state index in [1.165, 1.54) is 50.5 Å². The molecule has 9 heteroatoms. The Labute approximate surface area is 262 Å². The first-order chi connectivity index (χ1) is 21.2. The second-order valence-corrected chi connectivity index (χ2v) is 10.6. The van der Waals surface area contributed by atoms with Crippen LogP contribution in [0.4, 0.5) is 0 Å². The van der Waals surface area contributed by atoms with E-state index in [-0.39, 0.29) is 6.10 Å². The summed E-state index contributed by atoms with van der Waals surface area (Å²) in [5.41, 5.74) is 1.38. The van der Waals surface area contributed by atoms with E-state index in [2.05, 4.69) is 31.2 Å². The third-order valence-electron chi connectivity index (χ3n) is 6.40. The van der Waals surface area contributed by atoms with E-state index >= 15 is 0 Å². The summed E-state index contributed by atoms with van der Waals surface area (Å²) in [6, 6.07) is 8.46. The van der Waals surface area contributed by atoms with E-state index in [1.54, 1.807) is 0 Å². The lowest BCUT2D eigenvalue weighted by Crippen LogP contribution is -2.15. The summed E-state index contributed by atoms with van der Waals surface area (Å²) >= 11 is 0. The number of benzene rings is 1. The topological polar surface area (TPSA) is 83.1 Å². The number of aryl methyl sites for hydroxylation is 1. The summed E-state index contributed by atoms with van der Waals surface area (Å²) in [6.07, 6.45) is 10.8. The molecule has 0 spiro atoms. The van der Waals surface area contributed by atoms with Gasteiger partial charge in [-0.15, -0.1) is 0 Å². The van der Waals surface area contributed by atoms with Crippen molar-refractivity contribution in [2.75, 3.05) is 106 Å². The third kappa shape index (κ3) is 29.2. The fraction of sp³-hybridized carbons (Fsp3) is 0.824. The first-order valence-electron chi connectivity index (χ1n) is 16.6. The normalized spacial score (nSPS) is 11.5. The van der Waals surface area contributed by atoms with Gasteiger partial charge in [0.05, 0.1) is 105 Å². The van der Waals surface area contributed by atoms with Gasteiger partial charge < -0.3 is 42.6 Å². The average molecular weight is 615 g/mol. The van der Waals surface area contributed by atoms with Crippen molar-refractivity contribution in [2.45, 2.75) is 78.2 Å². The van der Waals surface area contributed by atoms with Crippen LogP contribution in [-0.2, 0) is 44.3 Å². The van der Waals surface area contributed by atoms with Gasteiger partial charge in [0.15, 0.2) is 0 Å². The fourth-order valence-electron chi connectivity index (χ4n) is 4.02. The molecule has 0 N–H and O–H groups in total. The van der Waals surface area contributed by atoms with E-state index in [9.17, 15) is 0 Å². The molecular weight excluding hydrogens is 552 g/mol. The van der Waals surface area contributed by atoms with Crippen LogP contribution in [0, 0.1) is 0 Å². The summed E-state index contributed by atoms with van der Waals surface area (Å²) < 4.78 is 49.6. The van der Waals surface area contributed by atoms with Crippen LogP contribution in [0.3, 0.4) is 0 Å². The maximum Gasteiger partial charge on any atom is 0.119 e. The lowest BCUT2D eigenvalue weighted by molar-refractivity contribution is -0.0259. The van der Waals surface area contributed by atoms with Crippen LogP contribution >= 0.6 is 0 Å². The van der Waals surface area contributed by atoms with Crippen LogP contribution in [0.2, 0.25) is 0 Å². The van der Waals surface area contributed by atoms with Crippen molar-refractivity contribution in [1.29, 1.82) is 0 Å². The van der Waals surface area contributed by atoms with E-state index in [1.807, 2.05) is 13.8 Å². The van der Waals surface area contributed by atoms with Crippen LogP contribution in [0.25, 0.3) is 0 Å². The van der Waals surface area contributed by atoms with Gasteiger partial charge in [0.1, 0.15) is 12.4 Å². The van der Waals surface area contributed by atoms with Crippen molar-refractivity contribution in [1.82, 2.24) is 0 Å². The zero-order chi connectivity index (χ0) is 30.9. The predicted molar refractivity (Wildman–Crippen MR) is 170 cm³/mol. The largest absolute Gasteiger partial charge is 0.491 e. The molecule has 0 heterocycles. The van der Waals surface area contributed by atoms with E-state index in [0.29, 0.717) is 106 Å². The van der Waals surface area contributed by atoms with E-state index < -0.39 is 0 Å². The fourth-order valence-corrected chi connectivity index (χ4v) is 4.02. The molecule has 1 rings (SSSR count). The monoisotopic (exact) mass is 614 g/mol. The first-order valence-corrected chi connectivity index (χ1v) is 16.6. The highest BCUT2D eigenvalue weighted by Crippen LogP contribution is 2.15. The lowest BCUT2D eigenvalue weighted by Gasteiger charge is -2.09. The molecule has 43 heavy (non-hydrogen) atoms. The zero-order valence-corrected chi connectivity index (χ0v) is 27.5. The molecule has 0 amide bonds. The molecule has 0 aliphatic heterocycles. The molecule has 1 aromatic rings. The van der Waals surface area contributed by atoms with Gasteiger partial charge in [-0.3, -0.25) is 0 Å². The van der Waals surface area contributed by atoms with E-state index in [4.69, 9.17) is 42.6 Å². The number of ether oxygens (including phenoxy) is 9. The molecular formula is C34H62O9. The number of rotatable bonds is 34. The summed E-state index contributed by atoms with van der Waals surface area (Å²) in [4.78, 5) is 0.